The number of esters is 2. The van der Waals surface area contributed by atoms with Crippen LogP contribution in [0.25, 0.3) is 21.5 Å². The molecule has 0 aliphatic rings. The minimum Gasteiger partial charge on any atom is -0.507 e. The topological polar surface area (TPSA) is 93.1 Å². The standard InChI is InChI=1S/C37H40O6/c1-7-23(4)17-19-27-25(6)37(31-15-11-9-13-29(31)35(27)41)43-33(39)21-20-32(38)42-36-24(5)26(18-16-22(2)3)34(40)28-12-8-10-14-30(28)36/h8-17,40-41H,7,18-21H2,1-6H3/b23-17+. The molecule has 0 saturated carbocycles. The van der Waals surface area contributed by atoms with Crippen LogP contribution < -0.4 is 9.47 Å². The van der Waals surface area contributed by atoms with Gasteiger partial charge in [0.25, 0.3) is 0 Å². The average Bonchev–Trinajstić information content (AvgIpc) is 2.99. The predicted molar refractivity (Wildman–Crippen MR) is 172 cm³/mol. The number of hydrogen-bond donors (Lipinski definition) is 2. The van der Waals surface area contributed by atoms with E-state index in [2.05, 4.69) is 13.0 Å². The molecule has 0 amide bonds. The van der Waals surface area contributed by atoms with Gasteiger partial charge in [-0.2, -0.15) is 0 Å². The Morgan fingerprint density at radius 2 is 1.07 bits per heavy atom. The highest BCUT2D eigenvalue weighted by molar-refractivity contribution is 5.98. The SMILES string of the molecule is CC/C(C)=C/Cc1c(C)c(OC(=O)CCC(=O)Oc2c(C)c(CC=C(C)C)c(O)c3ccccc23)c2ccccc2c1O. The molecule has 2 N–H and O–H groups in total. The van der Waals surface area contributed by atoms with Crippen molar-refractivity contribution in [2.75, 3.05) is 0 Å². The summed E-state index contributed by atoms with van der Waals surface area (Å²) >= 11 is 0. The highest BCUT2D eigenvalue weighted by Gasteiger charge is 2.22. The highest BCUT2D eigenvalue weighted by Crippen LogP contribution is 2.42. The molecule has 0 bridgehead atoms. The monoisotopic (exact) mass is 580 g/mol. The summed E-state index contributed by atoms with van der Waals surface area (Å²) in [5.41, 5.74) is 5.06. The van der Waals surface area contributed by atoms with E-state index < -0.39 is 11.9 Å². The second-order valence-electron chi connectivity index (χ2n) is 11.2. The lowest BCUT2D eigenvalue weighted by molar-refractivity contribution is -0.140. The van der Waals surface area contributed by atoms with E-state index >= 15 is 0 Å². The number of phenolic OH excluding ortho intramolecular Hbond substituents is 2. The van der Waals surface area contributed by atoms with Crippen molar-refractivity contribution in [2.45, 2.75) is 73.6 Å². The molecule has 0 radical (unpaired) electrons. The van der Waals surface area contributed by atoms with Crippen LogP contribution in [0.5, 0.6) is 23.0 Å². The van der Waals surface area contributed by atoms with E-state index in [4.69, 9.17) is 9.47 Å². The summed E-state index contributed by atoms with van der Waals surface area (Å²) < 4.78 is 11.7. The molecular formula is C37H40O6. The van der Waals surface area contributed by atoms with Crippen LogP contribution >= 0.6 is 0 Å². The summed E-state index contributed by atoms with van der Waals surface area (Å²) in [4.78, 5) is 26.1. The Morgan fingerprint density at radius 1 is 0.674 bits per heavy atom. The first kappa shape index (κ1) is 31.4. The van der Waals surface area contributed by atoms with E-state index in [0.29, 0.717) is 68.1 Å². The quantitative estimate of drug-likeness (QED) is 0.111. The van der Waals surface area contributed by atoms with Crippen molar-refractivity contribution in [1.82, 2.24) is 0 Å². The Balaban J connectivity index is 1.56. The molecule has 224 valence electrons. The van der Waals surface area contributed by atoms with E-state index in [9.17, 15) is 19.8 Å². The lowest BCUT2D eigenvalue weighted by atomic mass is 9.95. The number of carbonyl (C=O) groups is 2. The van der Waals surface area contributed by atoms with Gasteiger partial charge < -0.3 is 19.7 Å². The van der Waals surface area contributed by atoms with Gasteiger partial charge in [0, 0.05) is 32.7 Å². The Kier molecular flexibility index (Phi) is 9.92. The molecule has 0 aliphatic carbocycles. The third kappa shape index (κ3) is 6.91. The number of phenols is 2. The van der Waals surface area contributed by atoms with Crippen molar-refractivity contribution in [2.24, 2.45) is 0 Å². The van der Waals surface area contributed by atoms with Gasteiger partial charge in [0.1, 0.15) is 23.0 Å². The summed E-state index contributed by atoms with van der Waals surface area (Å²) in [5, 5.41) is 24.5. The fraction of sp³-hybridized carbons (Fsp3) is 0.297. The van der Waals surface area contributed by atoms with Gasteiger partial charge in [0.2, 0.25) is 0 Å². The van der Waals surface area contributed by atoms with E-state index in [1.54, 1.807) is 24.3 Å². The number of fused-ring (bicyclic) bond motifs is 2. The maximum atomic E-state index is 13.1. The van der Waals surface area contributed by atoms with Crippen LogP contribution in [0.4, 0.5) is 0 Å². The van der Waals surface area contributed by atoms with Gasteiger partial charge >= 0.3 is 11.9 Å². The predicted octanol–water partition coefficient (Wildman–Crippen LogP) is 8.72. The molecule has 0 aliphatic heterocycles. The highest BCUT2D eigenvalue weighted by atomic mass is 16.5. The van der Waals surface area contributed by atoms with Gasteiger partial charge in [0.15, 0.2) is 0 Å². The second-order valence-corrected chi connectivity index (χ2v) is 11.2. The van der Waals surface area contributed by atoms with Gasteiger partial charge in [-0.15, -0.1) is 0 Å². The zero-order chi connectivity index (χ0) is 31.3. The molecule has 6 heteroatoms. The van der Waals surface area contributed by atoms with Gasteiger partial charge in [-0.25, -0.2) is 0 Å². The van der Waals surface area contributed by atoms with Gasteiger partial charge in [0.05, 0.1) is 12.8 Å². The first-order valence-electron chi connectivity index (χ1n) is 14.7. The molecule has 4 aromatic carbocycles. The summed E-state index contributed by atoms with van der Waals surface area (Å²) in [6.07, 6.45) is 5.63. The van der Waals surface area contributed by atoms with Crippen molar-refractivity contribution >= 4 is 33.5 Å². The maximum absolute atomic E-state index is 13.1. The number of aromatic hydroxyl groups is 2. The molecule has 0 saturated heterocycles. The number of rotatable bonds is 10. The first-order valence-corrected chi connectivity index (χ1v) is 14.7. The maximum Gasteiger partial charge on any atom is 0.311 e. The zero-order valence-corrected chi connectivity index (χ0v) is 25.8. The Bertz CT molecular complexity index is 1760. The van der Waals surface area contributed by atoms with Crippen LogP contribution in [0, 0.1) is 13.8 Å². The molecule has 0 atom stereocenters. The third-order valence-corrected chi connectivity index (χ3v) is 7.90. The minimum atomic E-state index is -0.572. The molecule has 6 nitrogen and oxygen atoms in total. The summed E-state index contributed by atoms with van der Waals surface area (Å²) in [6.45, 7) is 11.7. The Labute approximate surface area is 253 Å². The van der Waals surface area contributed by atoms with Gasteiger partial charge in [-0.1, -0.05) is 78.8 Å². The van der Waals surface area contributed by atoms with Crippen molar-refractivity contribution in [3.8, 4) is 23.0 Å². The minimum absolute atomic E-state index is 0.171. The molecule has 43 heavy (non-hydrogen) atoms. The Hall–Kier alpha value is -4.58. The van der Waals surface area contributed by atoms with Crippen LogP contribution in [-0.4, -0.2) is 22.2 Å². The van der Waals surface area contributed by atoms with Gasteiger partial charge in [-0.3, -0.25) is 9.59 Å². The van der Waals surface area contributed by atoms with Gasteiger partial charge in [-0.05, 0) is 65.0 Å². The molecular weight excluding hydrogens is 540 g/mol. The molecule has 4 aromatic rings. The van der Waals surface area contributed by atoms with E-state index in [-0.39, 0.29) is 24.3 Å². The van der Waals surface area contributed by atoms with Crippen molar-refractivity contribution in [3.63, 3.8) is 0 Å². The van der Waals surface area contributed by atoms with Crippen LogP contribution in [0.2, 0.25) is 0 Å². The summed E-state index contributed by atoms with van der Waals surface area (Å²) in [5.74, 6) is -0.0314. The smallest absolute Gasteiger partial charge is 0.311 e. The summed E-state index contributed by atoms with van der Waals surface area (Å²) in [7, 11) is 0. The molecule has 4 rings (SSSR count). The zero-order valence-electron chi connectivity index (χ0n) is 25.8. The molecule has 0 unspecified atom stereocenters. The number of hydrogen-bond acceptors (Lipinski definition) is 6. The fourth-order valence-electron chi connectivity index (χ4n) is 5.16. The van der Waals surface area contributed by atoms with Crippen LogP contribution in [0.3, 0.4) is 0 Å². The molecule has 0 fully saturated rings. The molecule has 0 spiro atoms. The fourth-order valence-corrected chi connectivity index (χ4v) is 5.16. The van der Waals surface area contributed by atoms with E-state index in [0.717, 1.165) is 12.0 Å². The number of ether oxygens (including phenoxy) is 2. The third-order valence-electron chi connectivity index (χ3n) is 7.90. The van der Waals surface area contributed by atoms with Crippen LogP contribution in [-0.2, 0) is 22.4 Å². The largest absolute Gasteiger partial charge is 0.507 e. The number of benzene rings is 4. The van der Waals surface area contributed by atoms with Crippen molar-refractivity contribution in [3.05, 3.63) is 94.1 Å². The molecule has 0 heterocycles. The Morgan fingerprint density at radius 3 is 1.47 bits per heavy atom. The first-order chi connectivity index (χ1) is 20.5. The molecule has 0 aromatic heterocycles. The van der Waals surface area contributed by atoms with Crippen LogP contribution in [0.1, 0.15) is 69.2 Å². The average molecular weight is 581 g/mol. The number of carbonyl (C=O) groups excluding carboxylic acids is 2. The van der Waals surface area contributed by atoms with Crippen LogP contribution in [0.15, 0.2) is 71.8 Å². The second kappa shape index (κ2) is 13.6. The van der Waals surface area contributed by atoms with Crippen molar-refractivity contribution in [1.29, 1.82) is 0 Å². The van der Waals surface area contributed by atoms with Crippen molar-refractivity contribution < 1.29 is 29.3 Å². The lowest BCUT2D eigenvalue weighted by Gasteiger charge is -2.17. The van der Waals surface area contributed by atoms with E-state index in [1.807, 2.05) is 65.0 Å². The lowest BCUT2D eigenvalue weighted by Crippen LogP contribution is -2.15. The summed E-state index contributed by atoms with van der Waals surface area (Å²) in [6, 6.07) is 14.5. The number of allylic oxidation sites excluding steroid dienone is 4. The normalized spacial score (nSPS) is 11.5. The van der Waals surface area contributed by atoms with E-state index in [1.165, 1.54) is 5.57 Å².